The maximum atomic E-state index is 13.6. The number of halogens is 8. The molecule has 0 aliphatic carbocycles. The van der Waals surface area contributed by atoms with Crippen molar-refractivity contribution >= 4 is 149 Å². The zero-order valence-electron chi connectivity index (χ0n) is 72.8. The van der Waals surface area contributed by atoms with E-state index < -0.39 is 96.4 Å². The summed E-state index contributed by atoms with van der Waals surface area (Å²) in [6.07, 6.45) is -8.00. The quantitative estimate of drug-likeness (QED) is 0.0195. The van der Waals surface area contributed by atoms with Crippen LogP contribution in [0.1, 0.15) is 43.4 Å². The predicted molar refractivity (Wildman–Crippen MR) is 514 cm³/mol. The molecule has 4 aromatic heterocycles. The fourth-order valence-electron chi connectivity index (χ4n) is 13.7. The Bertz CT molecular complexity index is 7840. The van der Waals surface area contributed by atoms with Crippen LogP contribution in [0.3, 0.4) is 0 Å². The third-order valence-electron chi connectivity index (χ3n) is 20.6. The summed E-state index contributed by atoms with van der Waals surface area (Å²) in [4.78, 5) is 50.5. The molecule has 12 N–H and O–H groups in total. The van der Waals surface area contributed by atoms with Crippen LogP contribution in [0, 0.1) is 6.92 Å². The van der Waals surface area contributed by atoms with E-state index in [-0.39, 0.29) is 115 Å². The number of H-pyrrole nitrogens is 4. The van der Waals surface area contributed by atoms with Gasteiger partial charge < -0.3 is 22.9 Å². The number of nitrogen functional groups attached to an aromatic ring is 4. The summed E-state index contributed by atoms with van der Waals surface area (Å²) in [6, 6.07) is 70.2. The Labute approximate surface area is 793 Å². The van der Waals surface area contributed by atoms with Crippen LogP contribution < -0.4 is 58.1 Å². The van der Waals surface area contributed by atoms with Gasteiger partial charge in [0.2, 0.25) is 10.0 Å². The standard InChI is InChI=1S/C25H22ClF3N6O3S.C23H22N6O3S.C22H19ClN6O3S.C20H19F3N6O3S/c1-3-34(17-11-9-16(10-12-17)25(27,28)29)39(37,38)21-7-5-4-6-19(21)31-32-22-23(30)33-35(24(22)36)20-14-15(2)8-13-18(20)26;1-2-28(17-11-5-3-6-12-17)33(31,32)20-16-10-9-15-19(20)25-26-21-22(24)27-29(23(21)30)18-13-7-4-8-14-18;1-28(16-13-11-15(23)12-14-16)33(31,32)19-10-6-5-9-18(19)25-26-20-21(24)27-29(22(20)30)17-7-3-2-4-8-17;21-20(22,23)13-8-9-16(33(31,32)28-10-4-5-11-28)15(12-13)25-26-17-18(24)27-29(19(17)30)14-6-2-1-3-7-14/h4-14,33H,3,30H2,1-2H3;3-16,27H,2,24H2,1H3;2-14,27H,24H2,1H3;1-3,6-9,12,27H,4-5,10-11,24H2. The highest BCUT2D eigenvalue weighted by Crippen LogP contribution is 2.41. The molecule has 36 nitrogen and oxygen atoms in total. The second-order valence-corrected chi connectivity index (χ2v) is 38.0. The number of benzene rings is 11. The van der Waals surface area contributed by atoms with Gasteiger partial charge in [0.25, 0.3) is 30.1 Å². The maximum absolute atomic E-state index is 13.6. The Morgan fingerprint density at radius 3 is 1.07 bits per heavy atom. The van der Waals surface area contributed by atoms with Gasteiger partial charge in [0.05, 0.1) is 56.0 Å². The number of aryl methyl sites for hydroxylation is 1. The molecule has 0 radical (unpaired) electrons. The van der Waals surface area contributed by atoms with Crippen LogP contribution in [0.5, 0.6) is 0 Å². The van der Waals surface area contributed by atoms with Gasteiger partial charge in [-0.2, -0.15) is 30.6 Å². The number of hydrogen-bond acceptors (Lipinski definition) is 24. The number of hydrogen-bond donors (Lipinski definition) is 8. The molecule has 1 aliphatic rings. The van der Waals surface area contributed by atoms with E-state index in [9.17, 15) is 79.2 Å². The summed E-state index contributed by atoms with van der Waals surface area (Å²) in [7, 11) is -14.9. The lowest BCUT2D eigenvalue weighted by Crippen LogP contribution is -2.30. The monoisotopic (exact) mass is 2000 g/mol. The van der Waals surface area contributed by atoms with Crippen molar-refractivity contribution in [3.05, 3.63) is 347 Å². The molecule has 0 spiro atoms. The van der Waals surface area contributed by atoms with Crippen molar-refractivity contribution in [1.82, 2.24) is 43.4 Å². The third kappa shape index (κ3) is 22.1. The van der Waals surface area contributed by atoms with Crippen LogP contribution in [0.2, 0.25) is 10.0 Å². The molecule has 1 saturated heterocycles. The summed E-state index contributed by atoms with van der Waals surface area (Å²) < 4.78 is 194. The fraction of sp³-hybridized carbons (Fsp3) is 0.133. The van der Waals surface area contributed by atoms with E-state index in [1.165, 1.54) is 73.6 Å². The average molecular weight is 2000 g/mol. The topological polar surface area (TPSA) is 504 Å². The second-order valence-electron chi connectivity index (χ2n) is 29.7. The van der Waals surface area contributed by atoms with Crippen molar-refractivity contribution in [3.63, 3.8) is 0 Å². The first-order valence-electron chi connectivity index (χ1n) is 41.2. The van der Waals surface area contributed by atoms with E-state index in [1.807, 2.05) is 25.1 Å². The molecule has 0 atom stereocenters. The fourth-order valence-corrected chi connectivity index (χ4v) is 20.2. The van der Waals surface area contributed by atoms with Gasteiger partial charge >= 0.3 is 34.6 Å². The number of alkyl halides is 6. The smallest absolute Gasteiger partial charge is 0.382 e. The maximum Gasteiger partial charge on any atom is 0.416 e. The number of anilines is 7. The molecule has 138 heavy (non-hydrogen) atoms. The first-order valence-corrected chi connectivity index (χ1v) is 47.7. The van der Waals surface area contributed by atoms with Crippen molar-refractivity contribution in [2.75, 3.05) is 69.1 Å². The number of nitrogens with zero attached hydrogens (tertiary/aromatic N) is 16. The number of nitrogens with one attached hydrogen (secondary N) is 4. The lowest BCUT2D eigenvalue weighted by atomic mass is 10.2. The molecule has 0 saturated carbocycles. The van der Waals surface area contributed by atoms with Crippen molar-refractivity contribution in [2.45, 2.75) is 65.5 Å². The molecule has 11 aromatic carbocycles. The normalized spacial score (nSPS) is 12.8. The molecule has 0 unspecified atom stereocenters. The van der Waals surface area contributed by atoms with Gasteiger partial charge in [-0.25, -0.2) is 52.4 Å². The van der Waals surface area contributed by atoms with Crippen LogP contribution in [0.25, 0.3) is 22.7 Å². The van der Waals surface area contributed by atoms with Crippen molar-refractivity contribution < 1.29 is 60.0 Å². The van der Waals surface area contributed by atoms with Gasteiger partial charge in [-0.3, -0.25) is 52.5 Å². The number of rotatable bonds is 25. The molecule has 1 aliphatic heterocycles. The molecule has 1 fully saturated rings. The molecule has 48 heteroatoms. The first kappa shape index (κ1) is 99.8. The molecule has 0 bridgehead atoms. The van der Waals surface area contributed by atoms with E-state index in [2.05, 4.69) is 61.3 Å². The van der Waals surface area contributed by atoms with Gasteiger partial charge in [-0.15, -0.1) is 40.9 Å². The molecule has 5 heterocycles. The van der Waals surface area contributed by atoms with Crippen molar-refractivity contribution in [3.8, 4) is 22.7 Å². The number of azo groups is 4. The van der Waals surface area contributed by atoms with E-state index >= 15 is 0 Å². The number of sulfonamides is 4. The largest absolute Gasteiger partial charge is 0.416 e. The highest BCUT2D eigenvalue weighted by molar-refractivity contribution is 7.93. The Balaban J connectivity index is 0.000000156. The summed E-state index contributed by atoms with van der Waals surface area (Å²) in [5.74, 6) is -0.274. The zero-order chi connectivity index (χ0) is 99.3. The van der Waals surface area contributed by atoms with E-state index in [0.717, 1.165) is 53.9 Å². The lowest BCUT2D eigenvalue weighted by Gasteiger charge is -2.23. The van der Waals surface area contributed by atoms with Gasteiger partial charge in [0, 0.05) is 38.2 Å². The number of aromatic amines is 4. The minimum absolute atomic E-state index is 0.00576. The van der Waals surface area contributed by atoms with Gasteiger partial charge in [0.15, 0.2) is 22.7 Å². The molecule has 15 aromatic rings. The van der Waals surface area contributed by atoms with Gasteiger partial charge in [0.1, 0.15) is 65.6 Å². The van der Waals surface area contributed by atoms with Crippen molar-refractivity contribution in [2.24, 2.45) is 40.9 Å². The van der Waals surface area contributed by atoms with Crippen LogP contribution in [0.15, 0.2) is 359 Å². The van der Waals surface area contributed by atoms with Crippen molar-refractivity contribution in [1.29, 1.82) is 0 Å². The van der Waals surface area contributed by atoms with Crippen LogP contribution in [0.4, 0.5) is 112 Å². The van der Waals surface area contributed by atoms with E-state index in [1.54, 1.807) is 184 Å². The van der Waals surface area contributed by atoms with Crippen LogP contribution in [-0.2, 0) is 52.4 Å². The van der Waals surface area contributed by atoms with Crippen LogP contribution >= 0.6 is 23.2 Å². The van der Waals surface area contributed by atoms with E-state index in [4.69, 9.17) is 46.1 Å². The summed E-state index contributed by atoms with van der Waals surface area (Å²) in [6.45, 7) is 5.77. The van der Waals surface area contributed by atoms with E-state index in [0.29, 0.717) is 64.1 Å². The molecule has 0 amide bonds. The highest BCUT2D eigenvalue weighted by Gasteiger charge is 2.37. The SMILES string of the molecule is CCN(c1ccc(C(F)(F)F)cc1)S(=O)(=O)c1ccccc1N=Nc1c(N)[nH]n(-c2cc(C)ccc2Cl)c1=O.CCN(c1ccccc1)S(=O)(=O)c1ccccc1N=Nc1c(N)[nH]n(-c2ccccc2)c1=O.CN(c1ccc(Cl)cc1)S(=O)(=O)c1ccccc1N=Nc1c(N)[nH]n(-c2ccccc2)c1=O.Nc1[nH]n(-c2ccccc2)c(=O)c1N=Nc1cc(C(F)(F)F)ccc1S(=O)(=O)N1CCCC1. The molecular weight excluding hydrogens is 1920 g/mol. The Morgan fingerprint density at radius 1 is 0.362 bits per heavy atom. The Kier molecular flexibility index (Phi) is 30.5. The molecule has 16 rings (SSSR count). The number of nitrogens with two attached hydrogens (primary N) is 4. The minimum Gasteiger partial charge on any atom is -0.382 e. The zero-order valence-corrected chi connectivity index (χ0v) is 77.6. The Hall–Kier alpha value is -15.6. The Morgan fingerprint density at radius 2 is 0.688 bits per heavy atom. The molecular formula is C90H82Cl2F6N24O12S4. The van der Waals surface area contributed by atoms with Gasteiger partial charge in [-0.05, 0) is 203 Å². The second kappa shape index (κ2) is 42.1. The summed E-state index contributed by atoms with van der Waals surface area (Å²) >= 11 is 12.1. The predicted octanol–water partition coefficient (Wildman–Crippen LogP) is 19.3. The average Bonchev–Trinajstić information content (AvgIpc) is 1.05. The van der Waals surface area contributed by atoms with Gasteiger partial charge in [-0.1, -0.05) is 138 Å². The lowest BCUT2D eigenvalue weighted by molar-refractivity contribution is -0.138. The van der Waals surface area contributed by atoms with Crippen LogP contribution in [-0.4, -0.2) is 110 Å². The first-order chi connectivity index (χ1) is 65.6. The minimum atomic E-state index is -4.73. The molecule has 714 valence electrons. The third-order valence-corrected chi connectivity index (χ3v) is 28.9. The summed E-state index contributed by atoms with van der Waals surface area (Å²) in [5, 5.41) is 43.1. The summed E-state index contributed by atoms with van der Waals surface area (Å²) in [5.41, 5.74) is 21.7. The number of aromatic nitrogens is 8. The highest BCUT2D eigenvalue weighted by atomic mass is 35.5. The number of para-hydroxylation sites is 4.